The van der Waals surface area contributed by atoms with Crippen molar-refractivity contribution in [2.75, 3.05) is 14.2 Å². The van der Waals surface area contributed by atoms with E-state index in [1.165, 1.54) is 5.57 Å². The topological polar surface area (TPSA) is 61.8 Å². The first-order valence-electron chi connectivity index (χ1n) is 13.6. The van der Waals surface area contributed by atoms with Crippen LogP contribution in [0.25, 0.3) is 0 Å². The number of allylic oxidation sites excluding steroid dienone is 2. The van der Waals surface area contributed by atoms with E-state index in [0.717, 1.165) is 55.6 Å². The Balaban J connectivity index is 1.61. The number of ether oxygens (including phenoxy) is 3. The highest BCUT2D eigenvalue weighted by Gasteiger charge is 2.51. The predicted octanol–water partition coefficient (Wildman–Crippen LogP) is 6.67. The normalized spacial score (nSPS) is 32.8. The molecule has 2 fully saturated rings. The molecule has 0 unspecified atom stereocenters. The van der Waals surface area contributed by atoms with E-state index in [0.29, 0.717) is 12.3 Å². The molecule has 0 bridgehead atoms. The molecular weight excluding hydrogens is 452 g/mol. The number of Topliss-reactive ketones (excluding diaryl/α,β-unsaturated/α-hetero) is 1. The summed E-state index contributed by atoms with van der Waals surface area (Å²) in [5, 5.41) is 0. The largest absolute Gasteiger partial charge is 0.497 e. The summed E-state index contributed by atoms with van der Waals surface area (Å²) < 4.78 is 17.5. The number of ketones is 1. The maximum atomic E-state index is 13.8. The van der Waals surface area contributed by atoms with Crippen LogP contribution < -0.4 is 9.47 Å². The monoisotopic (exact) mass is 496 g/mol. The van der Waals surface area contributed by atoms with Crippen LogP contribution in [-0.4, -0.2) is 32.1 Å². The lowest BCUT2D eigenvalue weighted by atomic mass is 9.58. The summed E-state index contributed by atoms with van der Waals surface area (Å²) in [6.07, 6.45) is 8.08. The van der Waals surface area contributed by atoms with Gasteiger partial charge in [-0.25, -0.2) is 0 Å². The van der Waals surface area contributed by atoms with Crippen molar-refractivity contribution in [1.29, 1.82) is 0 Å². The van der Waals surface area contributed by atoms with Crippen LogP contribution in [0, 0.1) is 29.1 Å². The summed E-state index contributed by atoms with van der Waals surface area (Å²) in [4.78, 5) is 26.9. The number of carbonyl (C=O) groups excluding carboxylic acids is 2. The quantitative estimate of drug-likeness (QED) is 0.250. The summed E-state index contributed by atoms with van der Waals surface area (Å²) in [7, 11) is 3.32. The van der Waals surface area contributed by atoms with Gasteiger partial charge in [0, 0.05) is 18.4 Å². The number of hydrogen-bond acceptors (Lipinski definition) is 5. The lowest BCUT2D eigenvalue weighted by molar-refractivity contribution is -0.169. The molecule has 0 aliphatic heterocycles. The maximum Gasteiger partial charge on any atom is 0.317 e. The van der Waals surface area contributed by atoms with E-state index in [2.05, 4.69) is 52.8 Å². The van der Waals surface area contributed by atoms with Gasteiger partial charge in [0.25, 0.3) is 0 Å². The van der Waals surface area contributed by atoms with Crippen LogP contribution in [0.2, 0.25) is 0 Å². The Morgan fingerprint density at radius 1 is 1.03 bits per heavy atom. The molecule has 5 heteroatoms. The van der Waals surface area contributed by atoms with E-state index in [1.54, 1.807) is 14.2 Å². The highest BCUT2D eigenvalue weighted by Crippen LogP contribution is 2.51. The molecule has 0 heterocycles. The molecule has 0 saturated heterocycles. The van der Waals surface area contributed by atoms with Crippen molar-refractivity contribution >= 4 is 11.8 Å². The fourth-order valence-corrected chi connectivity index (χ4v) is 7.23. The van der Waals surface area contributed by atoms with Gasteiger partial charge in [0.1, 0.15) is 29.3 Å². The number of hydrogen-bond donors (Lipinski definition) is 0. The Hall–Kier alpha value is -2.30. The molecule has 3 aliphatic rings. The van der Waals surface area contributed by atoms with Crippen molar-refractivity contribution in [1.82, 2.24) is 0 Å². The fraction of sp³-hybridized carbons (Fsp3) is 0.677. The summed E-state index contributed by atoms with van der Waals surface area (Å²) in [5.74, 6) is 1.26. The highest BCUT2D eigenvalue weighted by molar-refractivity contribution is 6.00. The zero-order chi connectivity index (χ0) is 26.3. The Kier molecular flexibility index (Phi) is 7.60. The van der Waals surface area contributed by atoms with Gasteiger partial charge < -0.3 is 14.2 Å². The average Bonchev–Trinajstić information content (AvgIpc) is 2.83. The van der Waals surface area contributed by atoms with Crippen LogP contribution in [0.1, 0.15) is 85.1 Å². The summed E-state index contributed by atoms with van der Waals surface area (Å²) >= 11 is 0. The highest BCUT2D eigenvalue weighted by atomic mass is 16.5. The smallest absolute Gasteiger partial charge is 0.317 e. The van der Waals surface area contributed by atoms with E-state index < -0.39 is 5.92 Å². The molecule has 1 aromatic carbocycles. The van der Waals surface area contributed by atoms with Crippen molar-refractivity contribution in [3.8, 4) is 11.5 Å². The molecule has 5 nitrogen and oxygen atoms in total. The Morgan fingerprint density at radius 3 is 2.33 bits per heavy atom. The average molecular weight is 497 g/mol. The molecular formula is C31H44O5. The van der Waals surface area contributed by atoms with Crippen molar-refractivity contribution in [3.63, 3.8) is 0 Å². The standard InChI is InChI=1S/C31H44O5/c1-19-8-10-24(30(3,4)21-15-22(34-6)17-23(16-21)35-7)27(14-19)36-29(33)28-25-11-9-20(2)18-31(25,5)13-12-26(28)32/h15-19,24-25,27-28H,8-14H2,1-7H3/t19-,24-,25+,27+,28+,31-/m1/s1. The van der Waals surface area contributed by atoms with Crippen LogP contribution in [0.5, 0.6) is 11.5 Å². The molecule has 0 spiro atoms. The molecule has 0 radical (unpaired) electrons. The maximum absolute atomic E-state index is 13.8. The Bertz CT molecular complexity index is 1000. The van der Waals surface area contributed by atoms with Gasteiger partial charge in [-0.05, 0) is 79.4 Å². The molecule has 6 atom stereocenters. The van der Waals surface area contributed by atoms with Gasteiger partial charge in [-0.2, -0.15) is 0 Å². The minimum Gasteiger partial charge on any atom is -0.497 e. The predicted molar refractivity (Wildman–Crippen MR) is 141 cm³/mol. The third-order valence-corrected chi connectivity index (χ3v) is 9.53. The van der Waals surface area contributed by atoms with Crippen LogP contribution in [0.15, 0.2) is 29.8 Å². The van der Waals surface area contributed by atoms with E-state index in [1.807, 2.05) is 6.07 Å². The van der Waals surface area contributed by atoms with Gasteiger partial charge in [-0.3, -0.25) is 9.59 Å². The summed E-state index contributed by atoms with van der Waals surface area (Å²) in [6, 6.07) is 6.00. The van der Waals surface area contributed by atoms with Crippen LogP contribution in [-0.2, 0) is 19.7 Å². The van der Waals surface area contributed by atoms with Gasteiger partial charge in [-0.15, -0.1) is 0 Å². The number of fused-ring (bicyclic) bond motifs is 1. The summed E-state index contributed by atoms with van der Waals surface area (Å²) in [6.45, 7) is 11.1. The lowest BCUT2D eigenvalue weighted by Crippen LogP contribution is -2.49. The van der Waals surface area contributed by atoms with Gasteiger partial charge in [0.05, 0.1) is 14.2 Å². The van der Waals surface area contributed by atoms with Gasteiger partial charge in [0.15, 0.2) is 0 Å². The Morgan fingerprint density at radius 2 is 1.69 bits per heavy atom. The van der Waals surface area contributed by atoms with Crippen molar-refractivity contribution in [3.05, 3.63) is 35.4 Å². The summed E-state index contributed by atoms with van der Waals surface area (Å²) in [5.41, 5.74) is 2.10. The molecule has 2 saturated carbocycles. The molecule has 4 rings (SSSR count). The van der Waals surface area contributed by atoms with Gasteiger partial charge in [-0.1, -0.05) is 45.8 Å². The molecule has 36 heavy (non-hydrogen) atoms. The zero-order valence-corrected chi connectivity index (χ0v) is 23.2. The van der Waals surface area contributed by atoms with Crippen molar-refractivity contribution in [2.45, 2.75) is 91.1 Å². The first kappa shape index (κ1) is 26.8. The van der Waals surface area contributed by atoms with E-state index in [4.69, 9.17) is 14.2 Å². The first-order valence-corrected chi connectivity index (χ1v) is 13.6. The third kappa shape index (κ3) is 5.08. The first-order chi connectivity index (χ1) is 17.0. The van der Waals surface area contributed by atoms with Crippen LogP contribution in [0.3, 0.4) is 0 Å². The van der Waals surface area contributed by atoms with Crippen LogP contribution >= 0.6 is 0 Å². The van der Waals surface area contributed by atoms with Gasteiger partial charge in [0.2, 0.25) is 0 Å². The van der Waals surface area contributed by atoms with E-state index in [-0.39, 0.29) is 40.5 Å². The second-order valence-corrected chi connectivity index (χ2v) is 12.4. The minimum absolute atomic E-state index is 0.0325. The second-order valence-electron chi connectivity index (χ2n) is 12.4. The SMILES string of the molecule is COc1cc(OC)cc(C(C)(C)[C@@H]2CC[C@@H](C)C[C@@H]2OC(=O)[C@@H]2C(=O)CC[C@]3(C)C=C(C)CC[C@@H]23)c1. The van der Waals surface area contributed by atoms with E-state index >= 15 is 0 Å². The molecule has 3 aliphatic carbocycles. The number of rotatable bonds is 6. The molecule has 0 aromatic heterocycles. The zero-order valence-electron chi connectivity index (χ0n) is 23.2. The number of carbonyl (C=O) groups is 2. The second kappa shape index (κ2) is 10.2. The lowest BCUT2D eigenvalue weighted by Gasteiger charge is -2.47. The molecule has 0 amide bonds. The van der Waals surface area contributed by atoms with Gasteiger partial charge >= 0.3 is 5.97 Å². The molecule has 1 aromatic rings. The van der Waals surface area contributed by atoms with E-state index in [9.17, 15) is 9.59 Å². The number of benzene rings is 1. The number of methoxy groups -OCH3 is 2. The minimum atomic E-state index is -0.647. The molecule has 0 N–H and O–H groups in total. The van der Waals surface area contributed by atoms with Crippen molar-refractivity contribution in [2.24, 2.45) is 29.1 Å². The van der Waals surface area contributed by atoms with Crippen LogP contribution in [0.4, 0.5) is 0 Å². The number of esters is 1. The van der Waals surface area contributed by atoms with Crippen molar-refractivity contribution < 1.29 is 23.8 Å². The fourth-order valence-electron chi connectivity index (χ4n) is 7.23. The third-order valence-electron chi connectivity index (χ3n) is 9.53. The Labute approximate surface area is 217 Å². The molecule has 198 valence electrons.